The number of nitrogens with zero attached hydrogens (tertiary/aromatic N) is 1. The van der Waals surface area contributed by atoms with E-state index in [1.54, 1.807) is 0 Å². The van der Waals surface area contributed by atoms with Crippen LogP contribution in [-0.4, -0.2) is 61.2 Å². The average Bonchev–Trinajstić information content (AvgIpc) is 2.99. The monoisotopic (exact) mass is 243 g/mol. The highest BCUT2D eigenvalue weighted by atomic mass is 16.6. The summed E-state index contributed by atoms with van der Waals surface area (Å²) in [6, 6.07) is -0.216. The zero-order chi connectivity index (χ0) is 12.3. The molecule has 0 aromatic rings. The normalized spacial score (nSPS) is 34.1. The van der Waals surface area contributed by atoms with Gasteiger partial charge in [0.1, 0.15) is 0 Å². The Balaban J connectivity index is 2.09. The summed E-state index contributed by atoms with van der Waals surface area (Å²) in [5, 5.41) is 25.3. The molecular formula is C12H23N2O3. The fraction of sp³-hybridized carbons (Fsp3) is 1.00. The predicted molar refractivity (Wildman–Crippen MR) is 63.1 cm³/mol. The van der Waals surface area contributed by atoms with Crippen molar-refractivity contribution in [3.05, 3.63) is 0 Å². The molecule has 3 atom stereocenters. The van der Waals surface area contributed by atoms with Gasteiger partial charge in [0.05, 0.1) is 18.7 Å². The van der Waals surface area contributed by atoms with Crippen molar-refractivity contribution in [3.8, 4) is 0 Å². The summed E-state index contributed by atoms with van der Waals surface area (Å²) in [4.78, 5) is 2.08. The van der Waals surface area contributed by atoms with Gasteiger partial charge in [-0.15, -0.1) is 0 Å². The number of aliphatic hydroxyl groups is 1. The average molecular weight is 243 g/mol. The topological polar surface area (TPSA) is 64.6 Å². The van der Waals surface area contributed by atoms with Crippen molar-refractivity contribution in [1.82, 2.24) is 10.2 Å². The molecule has 0 saturated carbocycles. The molecule has 0 spiro atoms. The first-order valence-corrected chi connectivity index (χ1v) is 6.56. The Morgan fingerprint density at radius 2 is 2.29 bits per heavy atom. The fourth-order valence-corrected chi connectivity index (χ4v) is 3.22. The lowest BCUT2D eigenvalue weighted by Crippen LogP contribution is -2.60. The maximum Gasteiger partial charge on any atom is 0.232 e. The molecule has 0 aromatic heterocycles. The number of rotatable bonds is 5. The first kappa shape index (κ1) is 13.2. The Morgan fingerprint density at radius 1 is 1.47 bits per heavy atom. The number of methoxy groups -OCH3 is 1. The fourth-order valence-electron chi connectivity index (χ4n) is 3.22. The van der Waals surface area contributed by atoms with Crippen LogP contribution < -0.4 is 5.32 Å². The summed E-state index contributed by atoms with van der Waals surface area (Å²) in [7, 11) is 1.52. The summed E-state index contributed by atoms with van der Waals surface area (Å²) >= 11 is 0. The van der Waals surface area contributed by atoms with E-state index in [1.807, 2.05) is 0 Å². The molecule has 0 bridgehead atoms. The number of likely N-dealkylation sites (tertiary alicyclic amines) is 1. The van der Waals surface area contributed by atoms with Gasteiger partial charge in [0.15, 0.2) is 0 Å². The van der Waals surface area contributed by atoms with Crippen molar-refractivity contribution < 1.29 is 14.9 Å². The number of β-amino-alcohol motifs (C(OH)–C–C–N with tert-alkyl or cyclic N) is 1. The van der Waals surface area contributed by atoms with Crippen LogP contribution in [0.15, 0.2) is 0 Å². The molecule has 2 heterocycles. The molecule has 2 fully saturated rings. The molecule has 5 heteroatoms. The van der Waals surface area contributed by atoms with Gasteiger partial charge in [-0.1, -0.05) is 0 Å². The Hall–Kier alpha value is -0.200. The van der Waals surface area contributed by atoms with E-state index < -0.39 is 5.79 Å². The van der Waals surface area contributed by atoms with Crippen LogP contribution in [0.3, 0.4) is 0 Å². The van der Waals surface area contributed by atoms with E-state index in [9.17, 15) is 5.11 Å². The first-order chi connectivity index (χ1) is 8.22. The van der Waals surface area contributed by atoms with E-state index in [1.165, 1.54) is 7.11 Å². The molecule has 0 amide bonds. The van der Waals surface area contributed by atoms with Crippen molar-refractivity contribution in [2.75, 3.05) is 33.4 Å². The third kappa shape index (κ3) is 2.48. The van der Waals surface area contributed by atoms with Gasteiger partial charge in [-0.25, -0.2) is 0 Å². The Labute approximate surface area is 103 Å². The van der Waals surface area contributed by atoms with Gasteiger partial charge >= 0.3 is 0 Å². The molecule has 17 heavy (non-hydrogen) atoms. The number of nitrogens with one attached hydrogen (secondary N) is 1. The molecule has 3 unspecified atom stereocenters. The number of aliphatic hydroxyl groups excluding tert-OH is 1. The molecule has 2 saturated heterocycles. The van der Waals surface area contributed by atoms with Crippen LogP contribution in [0.4, 0.5) is 0 Å². The summed E-state index contributed by atoms with van der Waals surface area (Å²) in [6.45, 7) is 2.48. The molecular weight excluding hydrogens is 220 g/mol. The lowest BCUT2D eigenvalue weighted by atomic mass is 9.95. The van der Waals surface area contributed by atoms with Crippen LogP contribution >= 0.6 is 0 Å². The number of hydrogen-bond donors (Lipinski definition) is 2. The van der Waals surface area contributed by atoms with Crippen molar-refractivity contribution in [2.45, 2.75) is 43.6 Å². The van der Waals surface area contributed by atoms with Crippen molar-refractivity contribution in [1.29, 1.82) is 0 Å². The van der Waals surface area contributed by atoms with E-state index in [-0.39, 0.29) is 18.7 Å². The Kier molecular flexibility index (Phi) is 4.38. The highest BCUT2D eigenvalue weighted by Gasteiger charge is 2.50. The molecule has 0 aromatic carbocycles. The maximum absolute atomic E-state index is 13.0. The highest BCUT2D eigenvalue weighted by Crippen LogP contribution is 2.33. The Morgan fingerprint density at radius 3 is 2.88 bits per heavy atom. The summed E-state index contributed by atoms with van der Waals surface area (Å²) in [6.07, 6.45) is 3.83. The van der Waals surface area contributed by atoms with Crippen molar-refractivity contribution in [3.63, 3.8) is 0 Å². The molecule has 2 aliphatic heterocycles. The summed E-state index contributed by atoms with van der Waals surface area (Å²) in [5.74, 6) is -1.37. The SMILES string of the molecule is COC([O])(C1CCCN1)C1CCCN1CCO. The quantitative estimate of drug-likeness (QED) is 0.666. The van der Waals surface area contributed by atoms with Crippen LogP contribution in [0, 0.1) is 0 Å². The molecule has 99 valence electrons. The van der Waals surface area contributed by atoms with Crippen LogP contribution in [0.1, 0.15) is 25.7 Å². The number of hydrogen-bond acceptors (Lipinski definition) is 4. The summed E-state index contributed by atoms with van der Waals surface area (Å²) < 4.78 is 5.34. The van der Waals surface area contributed by atoms with Crippen LogP contribution in [0.2, 0.25) is 0 Å². The predicted octanol–water partition coefficient (Wildman–Crippen LogP) is -0.0317. The molecule has 2 aliphatic rings. The smallest absolute Gasteiger partial charge is 0.232 e. The van der Waals surface area contributed by atoms with Crippen molar-refractivity contribution >= 4 is 0 Å². The second-order valence-electron chi connectivity index (χ2n) is 4.99. The standard InChI is InChI=1S/C12H23N2O3/c1-17-12(16,10-4-2-6-13-10)11-5-3-7-14(11)8-9-15/h10-11,13,15H,2-9H2,1H3. The van der Waals surface area contributed by atoms with Gasteiger partial charge < -0.3 is 15.2 Å². The second kappa shape index (κ2) is 5.63. The Bertz CT molecular complexity index is 246. The van der Waals surface area contributed by atoms with Gasteiger partial charge in [0, 0.05) is 13.7 Å². The second-order valence-corrected chi connectivity index (χ2v) is 4.99. The largest absolute Gasteiger partial charge is 0.395 e. The molecule has 0 aliphatic carbocycles. The highest BCUT2D eigenvalue weighted by molar-refractivity contribution is 4.99. The third-order valence-corrected chi connectivity index (χ3v) is 4.08. The van der Waals surface area contributed by atoms with E-state index >= 15 is 0 Å². The minimum absolute atomic E-state index is 0.100. The number of ether oxygens (including phenoxy) is 1. The van der Waals surface area contributed by atoms with Gasteiger partial charge in [0.2, 0.25) is 5.79 Å². The van der Waals surface area contributed by atoms with Gasteiger partial charge in [-0.05, 0) is 38.8 Å². The minimum Gasteiger partial charge on any atom is -0.395 e. The van der Waals surface area contributed by atoms with Crippen molar-refractivity contribution in [2.24, 2.45) is 0 Å². The minimum atomic E-state index is -1.37. The third-order valence-electron chi connectivity index (χ3n) is 4.08. The van der Waals surface area contributed by atoms with Gasteiger partial charge in [-0.2, -0.15) is 5.11 Å². The van der Waals surface area contributed by atoms with Crippen LogP contribution in [0.5, 0.6) is 0 Å². The molecule has 2 N–H and O–H groups in total. The first-order valence-electron chi connectivity index (χ1n) is 6.56. The molecule has 2 rings (SSSR count). The van der Waals surface area contributed by atoms with Gasteiger partial charge in [-0.3, -0.25) is 4.90 Å². The van der Waals surface area contributed by atoms with Crippen LogP contribution in [0.25, 0.3) is 0 Å². The zero-order valence-corrected chi connectivity index (χ0v) is 10.5. The maximum atomic E-state index is 13.0. The molecule has 5 nitrogen and oxygen atoms in total. The van der Waals surface area contributed by atoms with Crippen LogP contribution in [-0.2, 0) is 9.84 Å². The molecule has 1 radical (unpaired) electrons. The lowest BCUT2D eigenvalue weighted by Gasteiger charge is -2.39. The zero-order valence-electron chi connectivity index (χ0n) is 10.5. The van der Waals surface area contributed by atoms with E-state index in [0.717, 1.165) is 38.8 Å². The lowest BCUT2D eigenvalue weighted by molar-refractivity contribution is -0.271. The van der Waals surface area contributed by atoms with E-state index in [0.29, 0.717) is 6.54 Å². The van der Waals surface area contributed by atoms with E-state index in [2.05, 4.69) is 10.2 Å². The van der Waals surface area contributed by atoms with Gasteiger partial charge in [0.25, 0.3) is 0 Å². The summed E-state index contributed by atoms with van der Waals surface area (Å²) in [5.41, 5.74) is 0. The van der Waals surface area contributed by atoms with E-state index in [4.69, 9.17) is 9.84 Å².